The van der Waals surface area contributed by atoms with Crippen LogP contribution in [0.25, 0.3) is 0 Å². The van der Waals surface area contributed by atoms with Crippen molar-refractivity contribution >= 4 is 11.7 Å². The second-order valence-electron chi connectivity index (χ2n) is 4.51. The fraction of sp³-hybridized carbons (Fsp3) is 0.538. The molecule has 0 saturated heterocycles. The molecule has 0 aromatic carbocycles. The molecule has 0 amide bonds. The lowest BCUT2D eigenvalue weighted by molar-refractivity contribution is -0.0148. The van der Waals surface area contributed by atoms with E-state index in [1.54, 1.807) is 13.2 Å². The maximum atomic E-state index is 12.0. The normalized spacial score (nSPS) is 23.6. The summed E-state index contributed by atoms with van der Waals surface area (Å²) in [6, 6.07) is 1.58. The van der Waals surface area contributed by atoms with Crippen molar-refractivity contribution in [3.8, 4) is 0 Å². The summed E-state index contributed by atoms with van der Waals surface area (Å²) in [6.07, 6.45) is 6.78. The summed E-state index contributed by atoms with van der Waals surface area (Å²) in [5, 5.41) is 0. The van der Waals surface area contributed by atoms with Gasteiger partial charge in [-0.05, 0) is 25.3 Å². The predicted molar refractivity (Wildman–Crippen MR) is 67.1 cm³/mol. The molecule has 0 bridgehead atoms. The van der Waals surface area contributed by atoms with Gasteiger partial charge in [0, 0.05) is 19.7 Å². The zero-order valence-corrected chi connectivity index (χ0v) is 10.5. The van der Waals surface area contributed by atoms with Crippen molar-refractivity contribution in [3.63, 3.8) is 0 Å². The van der Waals surface area contributed by atoms with Crippen LogP contribution in [0.3, 0.4) is 0 Å². The summed E-state index contributed by atoms with van der Waals surface area (Å²) in [4.78, 5) is 15.8. The Morgan fingerprint density at radius 3 is 2.94 bits per heavy atom. The molecule has 2 N–H and O–H groups in total. The zero-order valence-electron chi connectivity index (χ0n) is 10.5. The van der Waals surface area contributed by atoms with Gasteiger partial charge in [0.1, 0.15) is 6.10 Å². The Labute approximate surface area is 106 Å². The number of hydrogen-bond donors (Lipinski definition) is 1. The average molecular weight is 250 g/mol. The number of pyridine rings is 1. The van der Waals surface area contributed by atoms with E-state index in [0.717, 1.165) is 25.7 Å². The first-order valence-electron chi connectivity index (χ1n) is 6.14. The third kappa shape index (κ3) is 2.98. The van der Waals surface area contributed by atoms with Gasteiger partial charge in [-0.15, -0.1) is 0 Å². The van der Waals surface area contributed by atoms with Gasteiger partial charge in [-0.1, -0.05) is 0 Å². The van der Waals surface area contributed by atoms with E-state index < -0.39 is 0 Å². The van der Waals surface area contributed by atoms with Crippen LogP contribution in [0.15, 0.2) is 18.5 Å². The molecule has 0 radical (unpaired) electrons. The zero-order chi connectivity index (χ0) is 13.0. The number of nitrogens with zero attached hydrogens (tertiary/aromatic N) is 1. The van der Waals surface area contributed by atoms with Gasteiger partial charge in [0.15, 0.2) is 0 Å². The largest absolute Gasteiger partial charge is 0.459 e. The molecule has 5 nitrogen and oxygen atoms in total. The van der Waals surface area contributed by atoms with E-state index in [0.29, 0.717) is 11.3 Å². The molecule has 98 valence electrons. The first-order valence-corrected chi connectivity index (χ1v) is 6.14. The Hall–Kier alpha value is -1.62. The van der Waals surface area contributed by atoms with Crippen molar-refractivity contribution in [1.29, 1.82) is 0 Å². The Bertz CT molecular complexity index is 422. The highest BCUT2D eigenvalue weighted by atomic mass is 16.5. The van der Waals surface area contributed by atoms with Crippen molar-refractivity contribution in [1.82, 2.24) is 4.98 Å². The fourth-order valence-electron chi connectivity index (χ4n) is 2.23. The minimum atomic E-state index is -0.378. The standard InChI is InChI=1S/C13H18N2O3/c1-17-9-3-2-4-10(7-9)18-13(16)11-5-6-15-8-12(11)14/h5-6,8-10H,2-4,7,14H2,1H3. The summed E-state index contributed by atoms with van der Waals surface area (Å²) in [6.45, 7) is 0. The monoisotopic (exact) mass is 250 g/mol. The van der Waals surface area contributed by atoms with Gasteiger partial charge in [-0.25, -0.2) is 4.79 Å². The summed E-state index contributed by atoms with van der Waals surface area (Å²) in [7, 11) is 1.69. The molecule has 1 aliphatic carbocycles. The van der Waals surface area contributed by atoms with Crippen LogP contribution in [0.5, 0.6) is 0 Å². The molecule has 1 fully saturated rings. The molecule has 1 heterocycles. The molecule has 2 atom stereocenters. The van der Waals surface area contributed by atoms with Crippen LogP contribution in [-0.4, -0.2) is 30.3 Å². The molecule has 2 rings (SSSR count). The van der Waals surface area contributed by atoms with E-state index in [1.807, 2.05) is 0 Å². The van der Waals surface area contributed by atoms with Crippen molar-refractivity contribution in [2.45, 2.75) is 37.9 Å². The maximum Gasteiger partial charge on any atom is 0.340 e. The van der Waals surface area contributed by atoms with E-state index in [2.05, 4.69) is 4.98 Å². The number of anilines is 1. The number of aromatic nitrogens is 1. The van der Waals surface area contributed by atoms with Gasteiger partial charge in [0.25, 0.3) is 0 Å². The molecule has 1 aromatic rings. The second kappa shape index (κ2) is 5.82. The Morgan fingerprint density at radius 1 is 1.44 bits per heavy atom. The Kier molecular flexibility index (Phi) is 4.15. The van der Waals surface area contributed by atoms with Crippen LogP contribution in [0.4, 0.5) is 5.69 Å². The minimum Gasteiger partial charge on any atom is -0.459 e. The minimum absolute atomic E-state index is 0.0798. The first kappa shape index (κ1) is 12.8. The van der Waals surface area contributed by atoms with Gasteiger partial charge in [-0.3, -0.25) is 4.98 Å². The molecular formula is C13H18N2O3. The van der Waals surface area contributed by atoms with Crippen LogP contribution >= 0.6 is 0 Å². The average Bonchev–Trinajstić information content (AvgIpc) is 2.39. The molecule has 1 aliphatic rings. The summed E-state index contributed by atoms with van der Waals surface area (Å²) in [5.41, 5.74) is 6.42. The van der Waals surface area contributed by atoms with Crippen LogP contribution in [0, 0.1) is 0 Å². The van der Waals surface area contributed by atoms with Gasteiger partial charge in [0.05, 0.1) is 23.6 Å². The fourth-order valence-corrected chi connectivity index (χ4v) is 2.23. The Morgan fingerprint density at radius 2 is 2.22 bits per heavy atom. The molecule has 1 aromatic heterocycles. The van der Waals surface area contributed by atoms with E-state index >= 15 is 0 Å². The molecule has 0 aliphatic heterocycles. The van der Waals surface area contributed by atoms with Crippen molar-refractivity contribution in [2.24, 2.45) is 0 Å². The number of nitrogens with two attached hydrogens (primary N) is 1. The summed E-state index contributed by atoms with van der Waals surface area (Å²) < 4.78 is 10.8. The number of ether oxygens (including phenoxy) is 2. The third-order valence-corrected chi connectivity index (χ3v) is 3.26. The highest BCUT2D eigenvalue weighted by Crippen LogP contribution is 2.24. The topological polar surface area (TPSA) is 74.4 Å². The van der Waals surface area contributed by atoms with Crippen molar-refractivity contribution in [3.05, 3.63) is 24.0 Å². The number of carbonyl (C=O) groups is 1. The van der Waals surface area contributed by atoms with Crippen LogP contribution in [-0.2, 0) is 9.47 Å². The molecule has 18 heavy (non-hydrogen) atoms. The van der Waals surface area contributed by atoms with Crippen LogP contribution in [0.1, 0.15) is 36.0 Å². The summed E-state index contributed by atoms with van der Waals surface area (Å²) >= 11 is 0. The van der Waals surface area contributed by atoms with Crippen LogP contribution < -0.4 is 5.73 Å². The molecule has 5 heteroatoms. The maximum absolute atomic E-state index is 12.0. The molecule has 1 saturated carbocycles. The lowest BCUT2D eigenvalue weighted by atomic mass is 9.95. The smallest absolute Gasteiger partial charge is 0.340 e. The van der Waals surface area contributed by atoms with Gasteiger partial charge < -0.3 is 15.2 Å². The van der Waals surface area contributed by atoms with Gasteiger partial charge >= 0.3 is 5.97 Å². The highest BCUT2D eigenvalue weighted by molar-refractivity contribution is 5.94. The van der Waals surface area contributed by atoms with E-state index in [-0.39, 0.29) is 18.2 Å². The van der Waals surface area contributed by atoms with Gasteiger partial charge in [-0.2, -0.15) is 0 Å². The first-order chi connectivity index (χ1) is 8.70. The predicted octanol–water partition coefficient (Wildman–Crippen LogP) is 1.78. The van der Waals surface area contributed by atoms with Crippen molar-refractivity contribution in [2.75, 3.05) is 12.8 Å². The lowest BCUT2D eigenvalue weighted by Gasteiger charge is -2.27. The number of esters is 1. The highest BCUT2D eigenvalue weighted by Gasteiger charge is 2.25. The number of methoxy groups -OCH3 is 1. The Balaban J connectivity index is 1.97. The quantitative estimate of drug-likeness (QED) is 0.828. The third-order valence-electron chi connectivity index (χ3n) is 3.26. The van der Waals surface area contributed by atoms with Crippen molar-refractivity contribution < 1.29 is 14.3 Å². The second-order valence-corrected chi connectivity index (χ2v) is 4.51. The number of hydrogen-bond acceptors (Lipinski definition) is 5. The number of nitrogen functional groups attached to an aromatic ring is 1. The number of carbonyl (C=O) groups excluding carboxylic acids is 1. The number of rotatable bonds is 3. The summed E-state index contributed by atoms with van der Waals surface area (Å²) in [5.74, 6) is -0.378. The molecular weight excluding hydrogens is 232 g/mol. The van der Waals surface area contributed by atoms with Crippen LogP contribution in [0.2, 0.25) is 0 Å². The van der Waals surface area contributed by atoms with Gasteiger partial charge in [0.2, 0.25) is 0 Å². The van der Waals surface area contributed by atoms with E-state index in [9.17, 15) is 4.79 Å². The lowest BCUT2D eigenvalue weighted by Crippen LogP contribution is -2.29. The van der Waals surface area contributed by atoms with E-state index in [1.165, 1.54) is 12.4 Å². The SMILES string of the molecule is COC1CCCC(OC(=O)c2ccncc2N)C1. The van der Waals surface area contributed by atoms with E-state index in [4.69, 9.17) is 15.2 Å². The molecule has 0 spiro atoms. The molecule has 2 unspecified atom stereocenters.